The van der Waals surface area contributed by atoms with Crippen molar-refractivity contribution in [2.75, 3.05) is 14.2 Å². The maximum atomic E-state index is 12.4. The fourth-order valence-corrected chi connectivity index (χ4v) is 1.96. The molecule has 0 aliphatic heterocycles. The summed E-state index contributed by atoms with van der Waals surface area (Å²) in [5, 5.41) is 10.2. The van der Waals surface area contributed by atoms with Crippen LogP contribution in [0.5, 0.6) is 17.2 Å². The lowest BCUT2D eigenvalue weighted by atomic mass is 10.0. The van der Waals surface area contributed by atoms with Gasteiger partial charge in [0.1, 0.15) is 17.2 Å². The first kappa shape index (κ1) is 14.2. The van der Waals surface area contributed by atoms with Crippen LogP contribution in [0.25, 0.3) is 0 Å². The topological polar surface area (TPSA) is 55.8 Å². The molecule has 2 aromatic carbocycles. The summed E-state index contributed by atoms with van der Waals surface area (Å²) in [4.78, 5) is 12.4. The highest BCUT2D eigenvalue weighted by Gasteiger charge is 2.16. The molecule has 1 N–H and O–H groups in total. The second kappa shape index (κ2) is 5.84. The van der Waals surface area contributed by atoms with Gasteiger partial charge in [-0.2, -0.15) is 0 Å². The Morgan fingerprint density at radius 1 is 1.05 bits per heavy atom. The highest BCUT2D eigenvalue weighted by molar-refractivity contribution is 6.31. The Labute approximate surface area is 121 Å². The molecule has 0 amide bonds. The first-order valence-corrected chi connectivity index (χ1v) is 6.19. The van der Waals surface area contributed by atoms with Crippen LogP contribution in [0.1, 0.15) is 15.9 Å². The van der Waals surface area contributed by atoms with Crippen LogP contribution < -0.4 is 9.47 Å². The van der Waals surface area contributed by atoms with Crippen molar-refractivity contribution in [3.05, 3.63) is 52.5 Å². The normalized spacial score (nSPS) is 10.2. The molecule has 0 spiro atoms. The number of phenolic OH excluding ortho intramolecular Hbond substituents is 1. The van der Waals surface area contributed by atoms with Gasteiger partial charge < -0.3 is 14.6 Å². The second-order valence-electron chi connectivity index (χ2n) is 4.09. The van der Waals surface area contributed by atoms with Crippen molar-refractivity contribution >= 4 is 17.4 Å². The van der Waals surface area contributed by atoms with Crippen molar-refractivity contribution in [1.29, 1.82) is 0 Å². The molecule has 104 valence electrons. The van der Waals surface area contributed by atoms with Crippen LogP contribution in [-0.2, 0) is 0 Å². The first-order chi connectivity index (χ1) is 9.55. The predicted molar refractivity (Wildman–Crippen MR) is 76.1 cm³/mol. The highest BCUT2D eigenvalue weighted by atomic mass is 35.5. The number of phenols is 1. The summed E-state index contributed by atoms with van der Waals surface area (Å²) in [6.45, 7) is 0. The van der Waals surface area contributed by atoms with Crippen molar-refractivity contribution < 1.29 is 19.4 Å². The second-order valence-corrected chi connectivity index (χ2v) is 4.53. The Hall–Kier alpha value is -2.20. The Bertz CT molecular complexity index is 630. The van der Waals surface area contributed by atoms with Crippen LogP contribution in [0.15, 0.2) is 36.4 Å². The lowest BCUT2D eigenvalue weighted by Gasteiger charge is -2.09. The van der Waals surface area contributed by atoms with Gasteiger partial charge in [-0.1, -0.05) is 11.6 Å². The average Bonchev–Trinajstić information content (AvgIpc) is 2.48. The van der Waals surface area contributed by atoms with Gasteiger partial charge in [-0.15, -0.1) is 0 Å². The van der Waals surface area contributed by atoms with Gasteiger partial charge in [0.25, 0.3) is 0 Å². The van der Waals surface area contributed by atoms with Gasteiger partial charge in [-0.05, 0) is 30.3 Å². The number of hydrogen-bond donors (Lipinski definition) is 1. The van der Waals surface area contributed by atoms with E-state index in [4.69, 9.17) is 21.1 Å². The minimum atomic E-state index is -0.359. The molecule has 20 heavy (non-hydrogen) atoms. The Morgan fingerprint density at radius 3 is 2.20 bits per heavy atom. The lowest BCUT2D eigenvalue weighted by molar-refractivity contribution is 0.103. The summed E-state index contributed by atoms with van der Waals surface area (Å²) in [6, 6.07) is 9.13. The minimum Gasteiger partial charge on any atom is -0.507 e. The van der Waals surface area contributed by atoms with Crippen molar-refractivity contribution in [1.82, 2.24) is 0 Å². The predicted octanol–water partition coefficient (Wildman–Crippen LogP) is 3.29. The number of ketones is 1. The number of methoxy groups -OCH3 is 2. The van der Waals surface area contributed by atoms with E-state index in [1.807, 2.05) is 0 Å². The van der Waals surface area contributed by atoms with Crippen LogP contribution in [0, 0.1) is 0 Å². The van der Waals surface area contributed by atoms with Gasteiger partial charge >= 0.3 is 0 Å². The van der Waals surface area contributed by atoms with Gasteiger partial charge in [-0.25, -0.2) is 0 Å². The minimum absolute atomic E-state index is 0.124. The monoisotopic (exact) mass is 292 g/mol. The Kier molecular flexibility index (Phi) is 4.15. The van der Waals surface area contributed by atoms with Crippen LogP contribution in [0.3, 0.4) is 0 Å². The van der Waals surface area contributed by atoms with E-state index in [1.165, 1.54) is 32.4 Å². The number of hydrogen-bond acceptors (Lipinski definition) is 4. The maximum Gasteiger partial charge on any atom is 0.197 e. The van der Waals surface area contributed by atoms with Crippen molar-refractivity contribution in [3.63, 3.8) is 0 Å². The molecular formula is C15H13ClO4. The number of aromatic hydroxyl groups is 1. The summed E-state index contributed by atoms with van der Waals surface area (Å²) >= 11 is 5.85. The molecule has 2 aromatic rings. The van der Waals surface area contributed by atoms with Crippen LogP contribution in [-0.4, -0.2) is 25.1 Å². The molecule has 0 aliphatic carbocycles. The number of carbonyl (C=O) groups is 1. The number of rotatable bonds is 4. The largest absolute Gasteiger partial charge is 0.507 e. The van der Waals surface area contributed by atoms with Crippen LogP contribution in [0.2, 0.25) is 5.02 Å². The standard InChI is InChI=1S/C15H13ClO4/c1-19-11-5-9(6-12(8-11)20-2)15(18)13-7-10(16)3-4-14(13)17/h3-8,17H,1-2H3. The number of benzene rings is 2. The van der Waals surface area contributed by atoms with Crippen molar-refractivity contribution in [2.45, 2.75) is 0 Å². The van der Waals surface area contributed by atoms with E-state index < -0.39 is 0 Å². The average molecular weight is 293 g/mol. The van der Waals surface area contributed by atoms with Crippen LogP contribution >= 0.6 is 11.6 Å². The van der Waals surface area contributed by atoms with E-state index in [-0.39, 0.29) is 17.1 Å². The smallest absolute Gasteiger partial charge is 0.197 e. The zero-order valence-electron chi connectivity index (χ0n) is 11.0. The van der Waals surface area contributed by atoms with Gasteiger partial charge in [0.2, 0.25) is 0 Å². The fraction of sp³-hybridized carbons (Fsp3) is 0.133. The number of ether oxygens (including phenoxy) is 2. The van der Waals surface area contributed by atoms with E-state index >= 15 is 0 Å². The molecular weight excluding hydrogens is 280 g/mol. The van der Waals surface area contributed by atoms with Gasteiger partial charge in [-0.3, -0.25) is 4.79 Å². The van der Waals surface area contributed by atoms with Gasteiger partial charge in [0.15, 0.2) is 5.78 Å². The molecule has 0 aliphatic rings. The molecule has 0 unspecified atom stereocenters. The molecule has 4 nitrogen and oxygen atoms in total. The highest BCUT2D eigenvalue weighted by Crippen LogP contribution is 2.28. The Morgan fingerprint density at radius 2 is 1.65 bits per heavy atom. The molecule has 0 aromatic heterocycles. The summed E-state index contributed by atoms with van der Waals surface area (Å²) in [5.74, 6) is 0.506. The molecule has 0 bridgehead atoms. The quantitative estimate of drug-likeness (QED) is 0.879. The van der Waals surface area contributed by atoms with Crippen LogP contribution in [0.4, 0.5) is 0 Å². The maximum absolute atomic E-state index is 12.4. The third-order valence-electron chi connectivity index (χ3n) is 2.82. The van der Waals surface area contributed by atoms with E-state index in [2.05, 4.69) is 0 Å². The first-order valence-electron chi connectivity index (χ1n) is 5.81. The van der Waals surface area contributed by atoms with Crippen molar-refractivity contribution in [3.8, 4) is 17.2 Å². The Balaban J connectivity index is 2.50. The molecule has 0 radical (unpaired) electrons. The third-order valence-corrected chi connectivity index (χ3v) is 3.05. The summed E-state index contributed by atoms with van der Waals surface area (Å²) in [5.41, 5.74) is 0.478. The molecule has 0 heterocycles. The molecule has 2 rings (SSSR count). The number of halogens is 1. The molecule has 0 saturated heterocycles. The van der Waals surface area contributed by atoms with Gasteiger partial charge in [0, 0.05) is 16.7 Å². The SMILES string of the molecule is COc1cc(OC)cc(C(=O)c2cc(Cl)ccc2O)c1. The van der Waals surface area contributed by atoms with E-state index in [0.29, 0.717) is 22.1 Å². The summed E-state index contributed by atoms with van der Waals surface area (Å²) < 4.78 is 10.2. The lowest BCUT2D eigenvalue weighted by Crippen LogP contribution is -2.03. The van der Waals surface area contributed by atoms with E-state index in [0.717, 1.165) is 0 Å². The fourth-order valence-electron chi connectivity index (χ4n) is 1.78. The molecule has 0 fully saturated rings. The van der Waals surface area contributed by atoms with Gasteiger partial charge in [0.05, 0.1) is 19.8 Å². The summed E-state index contributed by atoms with van der Waals surface area (Å²) in [7, 11) is 3.00. The zero-order valence-corrected chi connectivity index (χ0v) is 11.8. The van der Waals surface area contributed by atoms with E-state index in [9.17, 15) is 9.90 Å². The molecule has 0 atom stereocenters. The third kappa shape index (κ3) is 2.86. The molecule has 5 heteroatoms. The van der Waals surface area contributed by atoms with Crippen molar-refractivity contribution in [2.24, 2.45) is 0 Å². The molecule has 0 saturated carbocycles. The number of carbonyl (C=O) groups excluding carboxylic acids is 1. The summed E-state index contributed by atoms with van der Waals surface area (Å²) in [6.07, 6.45) is 0. The van der Waals surface area contributed by atoms with E-state index in [1.54, 1.807) is 18.2 Å². The zero-order chi connectivity index (χ0) is 14.7.